The molecule has 0 aliphatic carbocycles. The first kappa shape index (κ1) is 13.2. The monoisotopic (exact) mass is 311 g/mol. The van der Waals surface area contributed by atoms with Gasteiger partial charge in [-0.2, -0.15) is 0 Å². The predicted molar refractivity (Wildman–Crippen MR) is 69.9 cm³/mol. The molecule has 6 heteroatoms. The maximum Gasteiger partial charge on any atom is 0.154 e. The lowest BCUT2D eigenvalue weighted by molar-refractivity contribution is 0.184. The Balaban J connectivity index is 2.26. The first-order valence-electron chi connectivity index (χ1n) is 5.44. The Morgan fingerprint density at radius 1 is 1.39 bits per heavy atom. The van der Waals surface area contributed by atoms with Crippen LogP contribution in [0.2, 0.25) is 0 Å². The Morgan fingerprint density at radius 3 is 2.56 bits per heavy atom. The SMILES string of the molecule is COCc1ccc(C(O)c2c(Br)nnn2C)cc1. The smallest absolute Gasteiger partial charge is 0.154 e. The summed E-state index contributed by atoms with van der Waals surface area (Å²) < 4.78 is 7.15. The molecule has 1 aromatic carbocycles. The third-order valence-corrected chi connectivity index (χ3v) is 3.26. The highest BCUT2D eigenvalue weighted by Crippen LogP contribution is 2.26. The molecule has 0 saturated carbocycles. The summed E-state index contributed by atoms with van der Waals surface area (Å²) in [4.78, 5) is 0. The third-order valence-electron chi connectivity index (χ3n) is 2.69. The van der Waals surface area contributed by atoms with Gasteiger partial charge in [0.25, 0.3) is 0 Å². The molecule has 1 unspecified atom stereocenters. The maximum absolute atomic E-state index is 10.3. The molecule has 0 fully saturated rings. The Bertz CT molecular complexity index is 505. The first-order chi connectivity index (χ1) is 8.63. The van der Waals surface area contributed by atoms with Crippen molar-refractivity contribution in [1.29, 1.82) is 0 Å². The van der Waals surface area contributed by atoms with Gasteiger partial charge in [-0.05, 0) is 27.1 Å². The molecule has 1 heterocycles. The van der Waals surface area contributed by atoms with E-state index in [1.807, 2.05) is 24.3 Å². The van der Waals surface area contributed by atoms with Crippen LogP contribution in [0.4, 0.5) is 0 Å². The van der Waals surface area contributed by atoms with Gasteiger partial charge in [-0.1, -0.05) is 29.5 Å². The highest BCUT2D eigenvalue weighted by atomic mass is 79.9. The second-order valence-corrected chi connectivity index (χ2v) is 4.72. The van der Waals surface area contributed by atoms with Gasteiger partial charge in [0.2, 0.25) is 0 Å². The van der Waals surface area contributed by atoms with Gasteiger partial charge in [-0.3, -0.25) is 0 Å². The molecule has 2 aromatic rings. The normalized spacial score (nSPS) is 12.7. The maximum atomic E-state index is 10.3. The molecule has 0 saturated heterocycles. The van der Waals surface area contributed by atoms with Crippen molar-refractivity contribution in [2.45, 2.75) is 12.7 Å². The molecule has 0 spiro atoms. The highest BCUT2D eigenvalue weighted by molar-refractivity contribution is 9.10. The van der Waals surface area contributed by atoms with Crippen LogP contribution in [0.5, 0.6) is 0 Å². The zero-order valence-electron chi connectivity index (χ0n) is 10.2. The number of rotatable bonds is 4. The number of ether oxygens (including phenoxy) is 1. The molecule has 0 amide bonds. The molecule has 2 rings (SSSR count). The summed E-state index contributed by atoms with van der Waals surface area (Å²) >= 11 is 3.28. The average molecular weight is 312 g/mol. The minimum Gasteiger partial charge on any atom is -0.382 e. The lowest BCUT2D eigenvalue weighted by atomic mass is 10.1. The van der Waals surface area contributed by atoms with E-state index in [0.717, 1.165) is 11.1 Å². The number of nitrogens with zero attached hydrogens (tertiary/aromatic N) is 3. The standard InChI is InChI=1S/C12H14BrN3O2/c1-16-10(12(13)14-15-16)11(17)9-5-3-8(4-6-9)7-18-2/h3-6,11,17H,7H2,1-2H3. The topological polar surface area (TPSA) is 60.2 Å². The van der Waals surface area contributed by atoms with Crippen molar-refractivity contribution in [2.75, 3.05) is 7.11 Å². The van der Waals surface area contributed by atoms with E-state index in [0.29, 0.717) is 16.9 Å². The van der Waals surface area contributed by atoms with Crippen molar-refractivity contribution in [1.82, 2.24) is 15.0 Å². The van der Waals surface area contributed by atoms with Crippen molar-refractivity contribution in [3.05, 3.63) is 45.7 Å². The molecule has 0 aliphatic heterocycles. The Labute approximate surface area is 114 Å². The third kappa shape index (κ3) is 2.60. The van der Waals surface area contributed by atoms with E-state index in [1.165, 1.54) is 0 Å². The van der Waals surface area contributed by atoms with E-state index in [-0.39, 0.29) is 0 Å². The highest BCUT2D eigenvalue weighted by Gasteiger charge is 2.19. The zero-order chi connectivity index (χ0) is 13.1. The van der Waals surface area contributed by atoms with Gasteiger partial charge in [0.15, 0.2) is 4.60 Å². The molecule has 0 radical (unpaired) electrons. The van der Waals surface area contributed by atoms with Crippen LogP contribution in [0.25, 0.3) is 0 Å². The van der Waals surface area contributed by atoms with E-state index in [1.54, 1.807) is 18.8 Å². The molecular formula is C12H14BrN3O2. The van der Waals surface area contributed by atoms with E-state index >= 15 is 0 Å². The number of aliphatic hydroxyl groups excluding tert-OH is 1. The Kier molecular flexibility index (Phi) is 4.11. The summed E-state index contributed by atoms with van der Waals surface area (Å²) in [6.07, 6.45) is -0.754. The summed E-state index contributed by atoms with van der Waals surface area (Å²) in [6, 6.07) is 7.61. The fourth-order valence-electron chi connectivity index (χ4n) is 1.75. The van der Waals surface area contributed by atoms with Gasteiger partial charge in [-0.25, -0.2) is 4.68 Å². The van der Waals surface area contributed by atoms with Crippen LogP contribution in [0.3, 0.4) is 0 Å². The molecule has 5 nitrogen and oxygen atoms in total. The molecule has 1 N–H and O–H groups in total. The molecule has 96 valence electrons. The van der Waals surface area contributed by atoms with Gasteiger partial charge >= 0.3 is 0 Å². The molecule has 0 bridgehead atoms. The first-order valence-corrected chi connectivity index (χ1v) is 6.23. The van der Waals surface area contributed by atoms with Crippen LogP contribution < -0.4 is 0 Å². The van der Waals surface area contributed by atoms with Crippen molar-refractivity contribution >= 4 is 15.9 Å². The molecule has 18 heavy (non-hydrogen) atoms. The summed E-state index contributed by atoms with van der Waals surface area (Å²) in [5.41, 5.74) is 2.49. The van der Waals surface area contributed by atoms with Crippen LogP contribution in [0.15, 0.2) is 28.9 Å². The lowest BCUT2D eigenvalue weighted by Gasteiger charge is -2.12. The number of halogens is 1. The van der Waals surface area contributed by atoms with Crippen molar-refractivity contribution in [2.24, 2.45) is 7.05 Å². The average Bonchev–Trinajstić information content (AvgIpc) is 2.70. The summed E-state index contributed by atoms with van der Waals surface area (Å²) in [7, 11) is 3.40. The minimum absolute atomic E-state index is 0.554. The number of hydrogen-bond donors (Lipinski definition) is 1. The van der Waals surface area contributed by atoms with Crippen molar-refractivity contribution < 1.29 is 9.84 Å². The van der Waals surface area contributed by atoms with E-state index in [9.17, 15) is 5.11 Å². The number of aromatic nitrogens is 3. The van der Waals surface area contributed by atoms with Gasteiger partial charge < -0.3 is 9.84 Å². The number of methoxy groups -OCH3 is 1. The molecule has 1 aromatic heterocycles. The van der Waals surface area contributed by atoms with Crippen molar-refractivity contribution in [3.63, 3.8) is 0 Å². The van der Waals surface area contributed by atoms with Gasteiger partial charge in [0.1, 0.15) is 11.8 Å². The van der Waals surface area contributed by atoms with Gasteiger partial charge in [0, 0.05) is 14.2 Å². The molecule has 1 atom stereocenters. The quantitative estimate of drug-likeness (QED) is 0.935. The second-order valence-electron chi connectivity index (χ2n) is 3.97. The van der Waals surface area contributed by atoms with Gasteiger partial charge in [0.05, 0.1) is 6.61 Å². The largest absolute Gasteiger partial charge is 0.382 e. The van der Waals surface area contributed by atoms with Crippen LogP contribution >= 0.6 is 15.9 Å². The zero-order valence-corrected chi connectivity index (χ0v) is 11.8. The predicted octanol–water partition coefficient (Wildman–Crippen LogP) is 1.81. The fraction of sp³-hybridized carbons (Fsp3) is 0.333. The van der Waals surface area contributed by atoms with Crippen LogP contribution in [0.1, 0.15) is 22.9 Å². The van der Waals surface area contributed by atoms with Crippen LogP contribution in [0, 0.1) is 0 Å². The Hall–Kier alpha value is -1.24. The minimum atomic E-state index is -0.754. The molecule has 0 aliphatic rings. The second kappa shape index (κ2) is 5.60. The van der Waals surface area contributed by atoms with Crippen LogP contribution in [-0.4, -0.2) is 27.2 Å². The fourth-order valence-corrected chi connectivity index (χ4v) is 2.29. The van der Waals surface area contributed by atoms with Gasteiger partial charge in [-0.15, -0.1) is 5.10 Å². The lowest BCUT2D eigenvalue weighted by Crippen LogP contribution is -2.07. The number of hydrogen-bond acceptors (Lipinski definition) is 4. The number of aryl methyl sites for hydroxylation is 1. The van der Waals surface area contributed by atoms with Crippen LogP contribution in [-0.2, 0) is 18.4 Å². The van der Waals surface area contributed by atoms with E-state index in [2.05, 4.69) is 26.2 Å². The summed E-state index contributed by atoms with van der Waals surface area (Å²) in [6.45, 7) is 0.563. The van der Waals surface area contributed by atoms with E-state index in [4.69, 9.17) is 4.74 Å². The molecular weight excluding hydrogens is 298 g/mol. The summed E-state index contributed by atoms with van der Waals surface area (Å²) in [5.74, 6) is 0. The summed E-state index contributed by atoms with van der Waals surface area (Å²) in [5, 5.41) is 18.0. The van der Waals surface area contributed by atoms with E-state index < -0.39 is 6.10 Å². The Morgan fingerprint density at radius 2 is 2.06 bits per heavy atom. The number of benzene rings is 1. The number of aliphatic hydroxyl groups is 1. The van der Waals surface area contributed by atoms with Crippen molar-refractivity contribution in [3.8, 4) is 0 Å².